The summed E-state index contributed by atoms with van der Waals surface area (Å²) in [6.45, 7) is 4.33. The maximum Gasteiger partial charge on any atom is 0.318 e. The minimum Gasteiger partial charge on any atom is -0.493 e. The minimum atomic E-state index is -0.202. The number of carbonyl (C=O) groups is 2. The van der Waals surface area contributed by atoms with Crippen LogP contribution in [0.1, 0.15) is 42.9 Å². The number of methoxy groups -OCH3 is 2. The van der Waals surface area contributed by atoms with E-state index < -0.39 is 0 Å². The summed E-state index contributed by atoms with van der Waals surface area (Å²) in [7, 11) is 3.23. The Labute approximate surface area is 196 Å². The maximum atomic E-state index is 13.2. The first kappa shape index (κ1) is 24.4. The molecule has 1 N–H and O–H groups in total. The zero-order valence-electron chi connectivity index (χ0n) is 19.9. The van der Waals surface area contributed by atoms with E-state index in [1.807, 2.05) is 47.4 Å². The number of hydrogen-bond acceptors (Lipinski definition) is 4. The molecule has 1 heterocycles. The highest BCUT2D eigenvalue weighted by atomic mass is 16.5. The van der Waals surface area contributed by atoms with Crippen LogP contribution in [0.3, 0.4) is 0 Å². The Morgan fingerprint density at radius 1 is 1.03 bits per heavy atom. The normalized spacial score (nSPS) is 12.6. The second kappa shape index (κ2) is 12.1. The van der Waals surface area contributed by atoms with Gasteiger partial charge in [-0.25, -0.2) is 4.79 Å². The summed E-state index contributed by atoms with van der Waals surface area (Å²) in [5.41, 5.74) is 3.25. The van der Waals surface area contributed by atoms with Gasteiger partial charge in [0.2, 0.25) is 5.91 Å². The number of unbranched alkanes of at least 4 members (excludes halogenated alkanes) is 2. The number of urea groups is 1. The number of nitrogens with zero attached hydrogens (tertiary/aromatic N) is 2. The fourth-order valence-electron chi connectivity index (χ4n) is 4.05. The number of nitrogens with one attached hydrogen (secondary N) is 1. The molecule has 3 amide bonds. The summed E-state index contributed by atoms with van der Waals surface area (Å²) < 4.78 is 10.8. The molecule has 3 rings (SSSR count). The molecule has 0 aromatic heterocycles. The van der Waals surface area contributed by atoms with Crippen molar-refractivity contribution in [3.05, 3.63) is 59.2 Å². The molecule has 0 atom stereocenters. The maximum absolute atomic E-state index is 13.2. The topological polar surface area (TPSA) is 71.1 Å². The van der Waals surface area contributed by atoms with E-state index in [2.05, 4.69) is 12.2 Å². The second-order valence-corrected chi connectivity index (χ2v) is 8.31. The lowest BCUT2D eigenvalue weighted by atomic mass is 9.98. The molecule has 0 unspecified atom stereocenters. The van der Waals surface area contributed by atoms with Crippen molar-refractivity contribution in [2.45, 2.75) is 45.7 Å². The summed E-state index contributed by atoms with van der Waals surface area (Å²) in [5, 5.41) is 2.96. The molecule has 0 spiro atoms. The Hall–Kier alpha value is -3.22. The monoisotopic (exact) mass is 453 g/mol. The van der Waals surface area contributed by atoms with Crippen molar-refractivity contribution < 1.29 is 19.1 Å². The Kier molecular flexibility index (Phi) is 8.98. The number of amides is 3. The van der Waals surface area contributed by atoms with E-state index >= 15 is 0 Å². The molecule has 0 aliphatic carbocycles. The van der Waals surface area contributed by atoms with Crippen molar-refractivity contribution in [2.75, 3.05) is 33.9 Å². The van der Waals surface area contributed by atoms with E-state index in [1.54, 1.807) is 19.1 Å². The molecule has 2 aromatic carbocycles. The van der Waals surface area contributed by atoms with Crippen LogP contribution >= 0.6 is 0 Å². The third kappa shape index (κ3) is 6.63. The first-order valence-electron chi connectivity index (χ1n) is 11.6. The van der Waals surface area contributed by atoms with Crippen LogP contribution in [0.2, 0.25) is 0 Å². The Bertz CT molecular complexity index is 933. The molecule has 2 aromatic rings. The van der Waals surface area contributed by atoms with Gasteiger partial charge in [-0.2, -0.15) is 0 Å². The number of fused-ring (bicyclic) bond motifs is 1. The van der Waals surface area contributed by atoms with Gasteiger partial charge in [0.05, 0.1) is 14.2 Å². The van der Waals surface area contributed by atoms with E-state index in [0.29, 0.717) is 37.7 Å². The number of benzene rings is 2. The van der Waals surface area contributed by atoms with Crippen molar-refractivity contribution in [2.24, 2.45) is 0 Å². The highest BCUT2D eigenvalue weighted by Gasteiger charge is 2.25. The van der Waals surface area contributed by atoms with Crippen LogP contribution in [0, 0.1) is 0 Å². The number of ether oxygens (including phenoxy) is 2. The van der Waals surface area contributed by atoms with Crippen LogP contribution in [0.5, 0.6) is 11.5 Å². The molecule has 1 aliphatic rings. The largest absolute Gasteiger partial charge is 0.493 e. The first-order valence-corrected chi connectivity index (χ1v) is 11.6. The molecule has 7 nitrogen and oxygen atoms in total. The van der Waals surface area contributed by atoms with Gasteiger partial charge in [0, 0.05) is 26.2 Å². The van der Waals surface area contributed by atoms with Crippen LogP contribution in [0.4, 0.5) is 4.79 Å². The molecule has 178 valence electrons. The number of rotatable bonds is 10. The van der Waals surface area contributed by atoms with Gasteiger partial charge < -0.3 is 24.6 Å². The highest BCUT2D eigenvalue weighted by molar-refractivity contribution is 5.84. The van der Waals surface area contributed by atoms with Crippen molar-refractivity contribution in [3.63, 3.8) is 0 Å². The molecule has 1 aliphatic heterocycles. The lowest BCUT2D eigenvalue weighted by molar-refractivity contribution is -0.132. The van der Waals surface area contributed by atoms with Crippen LogP contribution in [-0.4, -0.2) is 55.6 Å². The lowest BCUT2D eigenvalue weighted by Gasteiger charge is -2.32. The van der Waals surface area contributed by atoms with Gasteiger partial charge in [0.1, 0.15) is 6.54 Å². The fourth-order valence-corrected chi connectivity index (χ4v) is 4.05. The van der Waals surface area contributed by atoms with Gasteiger partial charge in [0.15, 0.2) is 11.5 Å². The number of hydrogen-bond donors (Lipinski definition) is 1. The van der Waals surface area contributed by atoms with Crippen LogP contribution in [0.25, 0.3) is 0 Å². The summed E-state index contributed by atoms with van der Waals surface area (Å²) in [6, 6.07) is 13.5. The summed E-state index contributed by atoms with van der Waals surface area (Å²) in [6.07, 6.45) is 3.71. The zero-order chi connectivity index (χ0) is 23.6. The summed E-state index contributed by atoms with van der Waals surface area (Å²) >= 11 is 0. The van der Waals surface area contributed by atoms with Crippen molar-refractivity contribution in [1.82, 2.24) is 15.1 Å². The quantitative estimate of drug-likeness (QED) is 0.552. The SMILES string of the molecule is CCCCCN(CC(=O)N1CCc2cc(OC)c(OC)cc2C1)C(=O)NCc1ccccc1. The predicted octanol–water partition coefficient (Wildman–Crippen LogP) is 3.99. The smallest absolute Gasteiger partial charge is 0.318 e. The molecule has 0 bridgehead atoms. The van der Waals surface area contributed by atoms with E-state index in [9.17, 15) is 9.59 Å². The fraction of sp³-hybridized carbons (Fsp3) is 0.462. The summed E-state index contributed by atoms with van der Waals surface area (Å²) in [4.78, 5) is 29.5. The third-order valence-electron chi connectivity index (χ3n) is 6.00. The average Bonchev–Trinajstić information content (AvgIpc) is 2.86. The van der Waals surface area contributed by atoms with Crippen molar-refractivity contribution in [1.29, 1.82) is 0 Å². The first-order chi connectivity index (χ1) is 16.0. The van der Waals surface area contributed by atoms with Crippen LogP contribution in [0.15, 0.2) is 42.5 Å². The van der Waals surface area contributed by atoms with Gasteiger partial charge in [-0.15, -0.1) is 0 Å². The van der Waals surface area contributed by atoms with E-state index in [4.69, 9.17) is 9.47 Å². The Morgan fingerprint density at radius 2 is 1.73 bits per heavy atom. The summed E-state index contributed by atoms with van der Waals surface area (Å²) in [5.74, 6) is 1.32. The molecule has 33 heavy (non-hydrogen) atoms. The zero-order valence-corrected chi connectivity index (χ0v) is 19.9. The molecule has 0 saturated heterocycles. The minimum absolute atomic E-state index is 0.0400. The Morgan fingerprint density at radius 3 is 2.39 bits per heavy atom. The molecule has 0 fully saturated rings. The van der Waals surface area contributed by atoms with Crippen LogP contribution < -0.4 is 14.8 Å². The predicted molar refractivity (Wildman–Crippen MR) is 128 cm³/mol. The molecular formula is C26H35N3O4. The highest BCUT2D eigenvalue weighted by Crippen LogP contribution is 2.33. The molecule has 0 radical (unpaired) electrons. The molecule has 0 saturated carbocycles. The molecular weight excluding hydrogens is 418 g/mol. The van der Waals surface area contributed by atoms with Gasteiger partial charge in [-0.3, -0.25) is 4.79 Å². The average molecular weight is 454 g/mol. The third-order valence-corrected chi connectivity index (χ3v) is 6.00. The van der Waals surface area contributed by atoms with E-state index in [-0.39, 0.29) is 18.5 Å². The van der Waals surface area contributed by atoms with Gasteiger partial charge in [0.25, 0.3) is 0 Å². The van der Waals surface area contributed by atoms with Crippen molar-refractivity contribution in [3.8, 4) is 11.5 Å². The molecule has 7 heteroatoms. The van der Waals surface area contributed by atoms with E-state index in [0.717, 1.165) is 42.4 Å². The Balaban J connectivity index is 1.64. The van der Waals surface area contributed by atoms with E-state index in [1.165, 1.54) is 0 Å². The second-order valence-electron chi connectivity index (χ2n) is 8.31. The van der Waals surface area contributed by atoms with Gasteiger partial charge >= 0.3 is 6.03 Å². The van der Waals surface area contributed by atoms with Crippen LogP contribution in [-0.2, 0) is 24.3 Å². The number of carbonyl (C=O) groups excluding carboxylic acids is 2. The lowest BCUT2D eigenvalue weighted by Crippen LogP contribution is -2.47. The standard InChI is InChI=1S/C26H35N3O4/c1-4-5-9-13-29(26(31)27-17-20-10-7-6-8-11-20)19-25(30)28-14-12-21-15-23(32-2)24(33-3)16-22(21)18-28/h6-8,10-11,15-16H,4-5,9,12-14,17-19H2,1-3H3,(H,27,31). The van der Waals surface area contributed by atoms with Gasteiger partial charge in [-0.1, -0.05) is 50.1 Å². The van der Waals surface area contributed by atoms with Gasteiger partial charge in [-0.05, 0) is 41.7 Å². The van der Waals surface area contributed by atoms with Crippen molar-refractivity contribution >= 4 is 11.9 Å².